The Morgan fingerprint density at radius 3 is 2.76 bits per heavy atom. The van der Waals surface area contributed by atoms with Gasteiger partial charge in [-0.05, 0) is 31.2 Å². The molecule has 4 heteroatoms. The van der Waals surface area contributed by atoms with Crippen molar-refractivity contribution in [3.05, 3.63) is 23.4 Å². The second kappa shape index (κ2) is 6.64. The highest BCUT2D eigenvalue weighted by Gasteiger charge is 2.15. The Labute approximate surface area is 108 Å². The maximum Gasteiger partial charge on any atom is 0.151 e. The zero-order valence-corrected chi connectivity index (χ0v) is 11.8. The number of carbonyl (C=O) groups excluding carboxylic acids is 1. The van der Waals surface area contributed by atoms with Crippen molar-refractivity contribution in [1.29, 1.82) is 0 Å². The first-order valence-corrected chi connectivity index (χ1v) is 7.17. The van der Waals surface area contributed by atoms with Gasteiger partial charge in [-0.1, -0.05) is 6.92 Å². The minimum Gasteiger partial charge on any atom is -0.356 e. The van der Waals surface area contributed by atoms with Gasteiger partial charge in [0.1, 0.15) is 5.82 Å². The Morgan fingerprint density at radius 2 is 2.29 bits per heavy atom. The molecule has 0 aliphatic heterocycles. The van der Waals surface area contributed by atoms with Gasteiger partial charge in [0.05, 0.1) is 0 Å². The zero-order valence-electron chi connectivity index (χ0n) is 10.9. The van der Waals surface area contributed by atoms with E-state index in [1.165, 1.54) is 0 Å². The number of nitrogens with zero attached hydrogens (tertiary/aromatic N) is 2. The van der Waals surface area contributed by atoms with Crippen molar-refractivity contribution in [2.24, 2.45) is 0 Å². The van der Waals surface area contributed by atoms with Crippen LogP contribution in [0.25, 0.3) is 0 Å². The fraction of sp³-hybridized carbons (Fsp3) is 0.538. The number of pyridine rings is 1. The highest BCUT2D eigenvalue weighted by molar-refractivity contribution is 7.98. The summed E-state index contributed by atoms with van der Waals surface area (Å²) in [6.07, 6.45) is 5.68. The number of rotatable bonds is 6. The average molecular weight is 252 g/mol. The van der Waals surface area contributed by atoms with Crippen LogP contribution in [0.15, 0.2) is 12.3 Å². The molecule has 1 aromatic rings. The van der Waals surface area contributed by atoms with Crippen molar-refractivity contribution < 1.29 is 4.79 Å². The van der Waals surface area contributed by atoms with Crippen molar-refractivity contribution in [1.82, 2.24) is 4.98 Å². The molecule has 3 nitrogen and oxygen atoms in total. The predicted molar refractivity (Wildman–Crippen MR) is 75.2 cm³/mol. The smallest absolute Gasteiger partial charge is 0.151 e. The van der Waals surface area contributed by atoms with E-state index in [0.29, 0.717) is 11.6 Å². The van der Waals surface area contributed by atoms with E-state index in [2.05, 4.69) is 30.1 Å². The fourth-order valence-electron chi connectivity index (χ4n) is 1.89. The van der Waals surface area contributed by atoms with Crippen molar-refractivity contribution in [2.45, 2.75) is 26.3 Å². The lowest BCUT2D eigenvalue weighted by Crippen LogP contribution is -2.34. The summed E-state index contributed by atoms with van der Waals surface area (Å²) in [6, 6.07) is 2.37. The van der Waals surface area contributed by atoms with Crippen LogP contribution in [-0.2, 0) is 0 Å². The molecule has 0 amide bonds. The first-order chi connectivity index (χ1) is 8.13. The summed E-state index contributed by atoms with van der Waals surface area (Å²) >= 11 is 1.85. The molecule has 1 heterocycles. The second-order valence-electron chi connectivity index (χ2n) is 4.16. The maximum absolute atomic E-state index is 10.7. The second-order valence-corrected chi connectivity index (χ2v) is 5.07. The molecular weight excluding hydrogens is 232 g/mol. The Hall–Kier alpha value is -1.03. The molecule has 0 N–H and O–H groups in total. The molecule has 0 aromatic carbocycles. The van der Waals surface area contributed by atoms with Crippen molar-refractivity contribution in [3.8, 4) is 0 Å². The summed E-state index contributed by atoms with van der Waals surface area (Å²) in [6.45, 7) is 4.18. The third-order valence-corrected chi connectivity index (χ3v) is 3.64. The van der Waals surface area contributed by atoms with Crippen molar-refractivity contribution >= 4 is 23.9 Å². The normalized spacial score (nSPS) is 12.2. The Kier molecular flexibility index (Phi) is 5.48. The van der Waals surface area contributed by atoms with Crippen LogP contribution in [0.2, 0.25) is 0 Å². The minimum atomic E-state index is 0.485. The van der Waals surface area contributed by atoms with Crippen molar-refractivity contribution in [2.75, 3.05) is 24.0 Å². The van der Waals surface area contributed by atoms with Crippen LogP contribution in [0.5, 0.6) is 0 Å². The van der Waals surface area contributed by atoms with E-state index in [9.17, 15) is 4.79 Å². The number of aryl methyl sites for hydroxylation is 1. The summed E-state index contributed by atoms with van der Waals surface area (Å²) in [4.78, 5) is 17.3. The molecule has 0 bridgehead atoms. The van der Waals surface area contributed by atoms with Gasteiger partial charge in [-0.3, -0.25) is 4.79 Å². The van der Waals surface area contributed by atoms with E-state index < -0.39 is 0 Å². The van der Waals surface area contributed by atoms with Crippen LogP contribution >= 0.6 is 11.8 Å². The lowest BCUT2D eigenvalue weighted by atomic mass is 10.1. The van der Waals surface area contributed by atoms with Gasteiger partial charge in [0.15, 0.2) is 6.29 Å². The summed E-state index contributed by atoms with van der Waals surface area (Å²) in [5.41, 5.74) is 1.69. The summed E-state index contributed by atoms with van der Waals surface area (Å²) in [5.74, 6) is 2.06. The third-order valence-electron chi connectivity index (χ3n) is 2.92. The molecule has 1 aromatic heterocycles. The van der Waals surface area contributed by atoms with Crippen LogP contribution in [0.1, 0.15) is 29.3 Å². The number of aromatic nitrogens is 1. The zero-order chi connectivity index (χ0) is 12.8. The molecule has 0 saturated carbocycles. The molecule has 0 aliphatic rings. The Bertz CT molecular complexity index is 382. The number of thioether (sulfide) groups is 1. The number of aldehydes is 1. The van der Waals surface area contributed by atoms with Gasteiger partial charge >= 0.3 is 0 Å². The first-order valence-electron chi connectivity index (χ1n) is 5.77. The Morgan fingerprint density at radius 1 is 1.59 bits per heavy atom. The maximum atomic E-state index is 10.7. The highest BCUT2D eigenvalue weighted by atomic mass is 32.2. The van der Waals surface area contributed by atoms with Crippen LogP contribution in [0.4, 0.5) is 5.82 Å². The van der Waals surface area contributed by atoms with Crippen LogP contribution < -0.4 is 4.90 Å². The number of anilines is 1. The molecule has 0 fully saturated rings. The summed E-state index contributed by atoms with van der Waals surface area (Å²) in [7, 11) is 2.07. The standard InChI is InChI=1S/C13H20N2OS/c1-5-12(9-17-4)15(3)13-10(2)6-11(8-16)7-14-13/h6-8,12H,5,9H2,1-4H3. The monoisotopic (exact) mass is 252 g/mol. The van der Waals surface area contributed by atoms with Crippen LogP contribution in [-0.4, -0.2) is 36.4 Å². The van der Waals surface area contributed by atoms with E-state index in [-0.39, 0.29) is 0 Å². The lowest BCUT2D eigenvalue weighted by molar-refractivity contribution is 0.112. The minimum absolute atomic E-state index is 0.485. The van der Waals surface area contributed by atoms with Gasteiger partial charge in [-0.15, -0.1) is 0 Å². The van der Waals surface area contributed by atoms with Crippen LogP contribution in [0.3, 0.4) is 0 Å². The SMILES string of the molecule is CCC(CSC)N(C)c1ncc(C=O)cc1C. The summed E-state index contributed by atoms with van der Waals surface area (Å²) in [5, 5.41) is 0. The van der Waals surface area contributed by atoms with Crippen molar-refractivity contribution in [3.63, 3.8) is 0 Å². The van der Waals surface area contributed by atoms with E-state index in [1.807, 2.05) is 24.8 Å². The lowest BCUT2D eigenvalue weighted by Gasteiger charge is -2.29. The molecule has 0 aliphatic carbocycles. The first kappa shape index (κ1) is 14.0. The highest BCUT2D eigenvalue weighted by Crippen LogP contribution is 2.20. The molecule has 0 spiro atoms. The molecular formula is C13H20N2OS. The average Bonchev–Trinajstić information content (AvgIpc) is 2.35. The number of hydrogen-bond donors (Lipinski definition) is 0. The molecule has 17 heavy (non-hydrogen) atoms. The molecule has 1 atom stereocenters. The quantitative estimate of drug-likeness (QED) is 0.729. The van der Waals surface area contributed by atoms with Gasteiger partial charge in [0.25, 0.3) is 0 Å². The van der Waals surface area contributed by atoms with E-state index in [0.717, 1.165) is 29.8 Å². The van der Waals surface area contributed by atoms with E-state index in [1.54, 1.807) is 6.20 Å². The molecule has 0 saturated heterocycles. The molecule has 1 unspecified atom stereocenters. The number of carbonyl (C=O) groups is 1. The molecule has 1 rings (SSSR count). The number of hydrogen-bond acceptors (Lipinski definition) is 4. The van der Waals surface area contributed by atoms with Gasteiger partial charge in [0.2, 0.25) is 0 Å². The Balaban J connectivity index is 2.94. The topological polar surface area (TPSA) is 33.2 Å². The summed E-state index contributed by atoms with van der Waals surface area (Å²) < 4.78 is 0. The largest absolute Gasteiger partial charge is 0.356 e. The third kappa shape index (κ3) is 3.46. The predicted octanol–water partition coefficient (Wildman–Crippen LogP) is 2.78. The van der Waals surface area contributed by atoms with E-state index >= 15 is 0 Å². The van der Waals surface area contributed by atoms with Gasteiger partial charge in [-0.25, -0.2) is 4.98 Å². The van der Waals surface area contributed by atoms with Gasteiger partial charge in [0, 0.05) is 30.6 Å². The van der Waals surface area contributed by atoms with Gasteiger partial charge < -0.3 is 4.90 Å². The molecule has 94 valence electrons. The van der Waals surface area contributed by atoms with Gasteiger partial charge in [-0.2, -0.15) is 11.8 Å². The fourth-order valence-corrected chi connectivity index (χ4v) is 2.74. The van der Waals surface area contributed by atoms with E-state index in [4.69, 9.17) is 0 Å². The van der Waals surface area contributed by atoms with Crippen LogP contribution in [0, 0.1) is 6.92 Å². The molecule has 0 radical (unpaired) electrons.